The van der Waals surface area contributed by atoms with Crippen molar-refractivity contribution in [2.24, 2.45) is 0 Å². The Hall–Kier alpha value is -0.570. The minimum Gasteiger partial charge on any atom is -0.373 e. The van der Waals surface area contributed by atoms with E-state index in [0.717, 1.165) is 23.7 Å². The standard InChI is InChI=1S/C14H22ClNO/c1-3-4-9-16-10-12(2)17-11-13-5-7-14(15)8-6-13/h5-8,12,16H,3-4,9-11H2,1-2H3. The SMILES string of the molecule is CCCCNCC(C)OCc1ccc(Cl)cc1. The largest absolute Gasteiger partial charge is 0.373 e. The number of nitrogens with one attached hydrogen (secondary N) is 1. The fourth-order valence-electron chi connectivity index (χ4n) is 1.49. The highest BCUT2D eigenvalue weighted by Gasteiger charge is 2.02. The molecule has 2 nitrogen and oxygen atoms in total. The zero-order valence-electron chi connectivity index (χ0n) is 10.7. The zero-order valence-corrected chi connectivity index (χ0v) is 11.5. The lowest BCUT2D eigenvalue weighted by molar-refractivity contribution is 0.0533. The van der Waals surface area contributed by atoms with E-state index in [-0.39, 0.29) is 6.10 Å². The molecule has 17 heavy (non-hydrogen) atoms. The van der Waals surface area contributed by atoms with Crippen LogP contribution >= 0.6 is 11.6 Å². The predicted molar refractivity (Wildman–Crippen MR) is 73.5 cm³/mol. The van der Waals surface area contributed by atoms with Crippen molar-refractivity contribution in [1.82, 2.24) is 5.32 Å². The van der Waals surface area contributed by atoms with Crippen LogP contribution in [-0.2, 0) is 11.3 Å². The van der Waals surface area contributed by atoms with E-state index in [9.17, 15) is 0 Å². The Bertz CT molecular complexity index is 300. The molecule has 1 aromatic carbocycles. The Labute approximate surface area is 109 Å². The molecule has 1 rings (SSSR count). The molecule has 3 heteroatoms. The number of hydrogen-bond donors (Lipinski definition) is 1. The molecule has 0 fully saturated rings. The first-order chi connectivity index (χ1) is 8.22. The molecule has 0 radical (unpaired) electrons. The van der Waals surface area contributed by atoms with Crippen LogP contribution in [0.2, 0.25) is 5.02 Å². The molecule has 0 aliphatic heterocycles. The molecule has 0 amide bonds. The Balaban J connectivity index is 2.14. The molecular formula is C14H22ClNO. The normalized spacial score (nSPS) is 12.6. The van der Waals surface area contributed by atoms with E-state index in [2.05, 4.69) is 19.2 Å². The third-order valence-corrected chi connectivity index (χ3v) is 2.84. The first-order valence-electron chi connectivity index (χ1n) is 6.29. The molecule has 0 saturated carbocycles. The monoisotopic (exact) mass is 255 g/mol. The molecule has 0 aromatic heterocycles. The van der Waals surface area contributed by atoms with Crippen LogP contribution in [0.3, 0.4) is 0 Å². The summed E-state index contributed by atoms with van der Waals surface area (Å²) in [5.41, 5.74) is 1.16. The maximum Gasteiger partial charge on any atom is 0.0721 e. The van der Waals surface area contributed by atoms with Crippen LogP contribution in [0.4, 0.5) is 0 Å². The predicted octanol–water partition coefficient (Wildman–Crippen LogP) is 3.63. The summed E-state index contributed by atoms with van der Waals surface area (Å²) in [6, 6.07) is 7.79. The minimum atomic E-state index is 0.238. The van der Waals surface area contributed by atoms with Crippen molar-refractivity contribution >= 4 is 11.6 Å². The Morgan fingerprint density at radius 2 is 2.00 bits per heavy atom. The van der Waals surface area contributed by atoms with Gasteiger partial charge in [0.1, 0.15) is 0 Å². The summed E-state index contributed by atoms with van der Waals surface area (Å²) < 4.78 is 5.74. The van der Waals surface area contributed by atoms with E-state index >= 15 is 0 Å². The molecule has 0 spiro atoms. The van der Waals surface area contributed by atoms with Crippen molar-refractivity contribution in [3.8, 4) is 0 Å². The van der Waals surface area contributed by atoms with Crippen LogP contribution in [0.15, 0.2) is 24.3 Å². The van der Waals surface area contributed by atoms with Crippen LogP contribution in [0.5, 0.6) is 0 Å². The van der Waals surface area contributed by atoms with E-state index in [1.54, 1.807) is 0 Å². The minimum absolute atomic E-state index is 0.238. The summed E-state index contributed by atoms with van der Waals surface area (Å²) in [4.78, 5) is 0. The van der Waals surface area contributed by atoms with E-state index in [1.165, 1.54) is 12.8 Å². The van der Waals surface area contributed by atoms with Crippen LogP contribution in [-0.4, -0.2) is 19.2 Å². The van der Waals surface area contributed by atoms with Gasteiger partial charge in [0.15, 0.2) is 0 Å². The third-order valence-electron chi connectivity index (χ3n) is 2.59. The molecule has 0 heterocycles. The molecule has 0 saturated heterocycles. The van der Waals surface area contributed by atoms with Crippen LogP contribution in [0.25, 0.3) is 0 Å². The number of halogens is 1. The second-order valence-electron chi connectivity index (χ2n) is 4.31. The summed E-state index contributed by atoms with van der Waals surface area (Å²) in [6.45, 7) is 6.92. The summed E-state index contributed by atoms with van der Waals surface area (Å²) in [6.07, 6.45) is 2.69. The van der Waals surface area contributed by atoms with Crippen molar-refractivity contribution in [1.29, 1.82) is 0 Å². The van der Waals surface area contributed by atoms with Crippen molar-refractivity contribution in [3.63, 3.8) is 0 Å². The Kier molecular flexibility index (Phi) is 7.25. The average Bonchev–Trinajstić information content (AvgIpc) is 2.34. The van der Waals surface area contributed by atoms with Gasteiger partial charge in [0, 0.05) is 11.6 Å². The number of ether oxygens (including phenoxy) is 1. The summed E-state index contributed by atoms with van der Waals surface area (Å²) in [7, 11) is 0. The molecule has 0 aliphatic rings. The molecular weight excluding hydrogens is 234 g/mol. The molecule has 1 N–H and O–H groups in total. The van der Waals surface area contributed by atoms with Gasteiger partial charge < -0.3 is 10.1 Å². The van der Waals surface area contributed by atoms with Gasteiger partial charge in [0.25, 0.3) is 0 Å². The maximum atomic E-state index is 5.82. The molecule has 96 valence electrons. The fraction of sp³-hybridized carbons (Fsp3) is 0.571. The highest BCUT2D eigenvalue weighted by atomic mass is 35.5. The highest BCUT2D eigenvalue weighted by Crippen LogP contribution is 2.10. The van der Waals surface area contributed by atoms with Gasteiger partial charge in [0.2, 0.25) is 0 Å². The molecule has 1 atom stereocenters. The lowest BCUT2D eigenvalue weighted by Gasteiger charge is -2.14. The Morgan fingerprint density at radius 3 is 2.65 bits per heavy atom. The van der Waals surface area contributed by atoms with Crippen molar-refractivity contribution in [3.05, 3.63) is 34.9 Å². The van der Waals surface area contributed by atoms with Crippen LogP contribution in [0, 0.1) is 0 Å². The fourth-order valence-corrected chi connectivity index (χ4v) is 1.61. The van der Waals surface area contributed by atoms with Gasteiger partial charge in [-0.1, -0.05) is 37.1 Å². The summed E-state index contributed by atoms with van der Waals surface area (Å²) >= 11 is 5.82. The van der Waals surface area contributed by atoms with Crippen molar-refractivity contribution < 1.29 is 4.74 Å². The van der Waals surface area contributed by atoms with Crippen molar-refractivity contribution in [2.75, 3.05) is 13.1 Å². The number of rotatable bonds is 8. The molecule has 0 aliphatic carbocycles. The first-order valence-corrected chi connectivity index (χ1v) is 6.67. The molecule has 0 bridgehead atoms. The topological polar surface area (TPSA) is 21.3 Å². The smallest absolute Gasteiger partial charge is 0.0721 e. The number of unbranched alkanes of at least 4 members (excludes halogenated alkanes) is 1. The van der Waals surface area contributed by atoms with Crippen LogP contribution in [0.1, 0.15) is 32.3 Å². The zero-order chi connectivity index (χ0) is 12.5. The third kappa shape index (κ3) is 6.67. The van der Waals surface area contributed by atoms with E-state index in [4.69, 9.17) is 16.3 Å². The van der Waals surface area contributed by atoms with E-state index in [0.29, 0.717) is 6.61 Å². The van der Waals surface area contributed by atoms with Gasteiger partial charge >= 0.3 is 0 Å². The van der Waals surface area contributed by atoms with Gasteiger partial charge in [-0.3, -0.25) is 0 Å². The lowest BCUT2D eigenvalue weighted by atomic mass is 10.2. The van der Waals surface area contributed by atoms with Gasteiger partial charge in [-0.05, 0) is 37.6 Å². The lowest BCUT2D eigenvalue weighted by Crippen LogP contribution is -2.27. The summed E-state index contributed by atoms with van der Waals surface area (Å²) in [5, 5.41) is 4.15. The van der Waals surface area contributed by atoms with E-state index in [1.807, 2.05) is 24.3 Å². The highest BCUT2D eigenvalue weighted by molar-refractivity contribution is 6.30. The van der Waals surface area contributed by atoms with Crippen molar-refractivity contribution in [2.45, 2.75) is 39.4 Å². The second kappa shape index (κ2) is 8.51. The second-order valence-corrected chi connectivity index (χ2v) is 4.74. The van der Waals surface area contributed by atoms with Gasteiger partial charge in [-0.25, -0.2) is 0 Å². The number of benzene rings is 1. The maximum absolute atomic E-state index is 5.82. The van der Waals surface area contributed by atoms with Crippen LogP contribution < -0.4 is 5.32 Å². The summed E-state index contributed by atoms with van der Waals surface area (Å²) in [5.74, 6) is 0. The average molecular weight is 256 g/mol. The van der Waals surface area contributed by atoms with Gasteiger partial charge in [-0.15, -0.1) is 0 Å². The van der Waals surface area contributed by atoms with Gasteiger partial charge in [0.05, 0.1) is 12.7 Å². The quantitative estimate of drug-likeness (QED) is 0.717. The molecule has 1 unspecified atom stereocenters. The molecule has 1 aromatic rings. The van der Waals surface area contributed by atoms with Gasteiger partial charge in [-0.2, -0.15) is 0 Å². The Morgan fingerprint density at radius 1 is 1.29 bits per heavy atom. The first kappa shape index (κ1) is 14.5. The number of hydrogen-bond acceptors (Lipinski definition) is 2. The van der Waals surface area contributed by atoms with E-state index < -0.39 is 0 Å².